The zero-order chi connectivity index (χ0) is 19.6. The van der Waals surface area contributed by atoms with Gasteiger partial charge in [-0.05, 0) is 67.3 Å². The average molecular weight is 368 g/mol. The van der Waals surface area contributed by atoms with Gasteiger partial charge in [-0.1, -0.05) is 44.4 Å². The van der Waals surface area contributed by atoms with Crippen LogP contribution >= 0.6 is 0 Å². The molecule has 2 rings (SSSR count). The van der Waals surface area contributed by atoms with Crippen LogP contribution in [0.1, 0.15) is 49.3 Å². The lowest BCUT2D eigenvalue weighted by Gasteiger charge is -2.09. The van der Waals surface area contributed by atoms with Gasteiger partial charge in [-0.25, -0.2) is 4.79 Å². The van der Waals surface area contributed by atoms with Crippen molar-refractivity contribution in [3.63, 3.8) is 0 Å². The van der Waals surface area contributed by atoms with Crippen LogP contribution in [-0.2, 0) is 4.79 Å². The molecule has 0 aromatic heterocycles. The Morgan fingerprint density at radius 3 is 2.22 bits per heavy atom. The number of carboxylic acid groups (broad SMARTS) is 1. The summed E-state index contributed by atoms with van der Waals surface area (Å²) >= 11 is 0. The first-order chi connectivity index (χ1) is 13.0. The minimum atomic E-state index is -1.11. The lowest BCUT2D eigenvalue weighted by atomic mass is 10.1. The molecule has 2 aromatic carbocycles. The highest BCUT2D eigenvalue weighted by Gasteiger charge is 2.11. The number of carboxylic acids is 1. The van der Waals surface area contributed by atoms with Crippen LogP contribution in [0.4, 0.5) is 0 Å². The van der Waals surface area contributed by atoms with Crippen LogP contribution < -0.4 is 9.47 Å². The van der Waals surface area contributed by atoms with Crippen molar-refractivity contribution in [1.82, 2.24) is 0 Å². The Hall–Kier alpha value is -2.75. The molecule has 0 heterocycles. The predicted octanol–water partition coefficient (Wildman–Crippen LogP) is 5.77. The molecule has 0 aliphatic rings. The third kappa shape index (κ3) is 7.18. The Morgan fingerprint density at radius 2 is 1.63 bits per heavy atom. The molecule has 0 fully saturated rings. The quantitative estimate of drug-likeness (QED) is 0.329. The van der Waals surface area contributed by atoms with Crippen molar-refractivity contribution in [3.05, 3.63) is 64.9 Å². The molecular formula is C23H28O4. The van der Waals surface area contributed by atoms with E-state index in [9.17, 15) is 9.90 Å². The van der Waals surface area contributed by atoms with E-state index in [1.807, 2.05) is 56.3 Å². The van der Waals surface area contributed by atoms with E-state index in [1.54, 1.807) is 0 Å². The number of aryl methyl sites for hydroxylation is 2. The summed E-state index contributed by atoms with van der Waals surface area (Å²) in [6.45, 7) is 6.78. The minimum Gasteiger partial charge on any atom is -0.494 e. The van der Waals surface area contributed by atoms with E-state index in [1.165, 1.54) is 25.3 Å². The van der Waals surface area contributed by atoms with Gasteiger partial charge in [-0.15, -0.1) is 0 Å². The third-order valence-corrected chi connectivity index (χ3v) is 4.08. The van der Waals surface area contributed by atoms with Gasteiger partial charge >= 0.3 is 5.97 Å². The van der Waals surface area contributed by atoms with Gasteiger partial charge in [-0.2, -0.15) is 0 Å². The van der Waals surface area contributed by atoms with Crippen molar-refractivity contribution >= 4 is 12.0 Å². The maximum Gasteiger partial charge on any atom is 0.371 e. The number of benzene rings is 2. The SMILES string of the molecule is CCCCCCOc1ccc(C=C(Oc2cc(C)cc(C)c2)C(=O)O)cc1. The van der Waals surface area contributed by atoms with Crippen LogP contribution in [0.15, 0.2) is 48.2 Å². The summed E-state index contributed by atoms with van der Waals surface area (Å²) in [7, 11) is 0. The molecule has 4 nitrogen and oxygen atoms in total. The van der Waals surface area contributed by atoms with Gasteiger partial charge in [0.2, 0.25) is 5.76 Å². The first kappa shape index (κ1) is 20.6. The van der Waals surface area contributed by atoms with E-state index in [2.05, 4.69) is 6.92 Å². The van der Waals surface area contributed by atoms with Gasteiger partial charge in [0.05, 0.1) is 6.61 Å². The lowest BCUT2D eigenvalue weighted by Crippen LogP contribution is -2.07. The summed E-state index contributed by atoms with van der Waals surface area (Å²) in [4.78, 5) is 11.6. The summed E-state index contributed by atoms with van der Waals surface area (Å²) in [6.07, 6.45) is 6.17. The largest absolute Gasteiger partial charge is 0.494 e. The van der Waals surface area contributed by atoms with Crippen LogP contribution in [0.2, 0.25) is 0 Å². The van der Waals surface area contributed by atoms with Gasteiger partial charge < -0.3 is 14.6 Å². The van der Waals surface area contributed by atoms with Gasteiger partial charge in [0.25, 0.3) is 0 Å². The molecule has 1 N–H and O–H groups in total. The molecule has 0 radical (unpaired) electrons. The first-order valence-electron chi connectivity index (χ1n) is 9.42. The predicted molar refractivity (Wildman–Crippen MR) is 108 cm³/mol. The summed E-state index contributed by atoms with van der Waals surface area (Å²) in [5.41, 5.74) is 2.79. The highest BCUT2D eigenvalue weighted by Crippen LogP contribution is 2.21. The molecule has 0 spiro atoms. The van der Waals surface area contributed by atoms with Crippen LogP contribution in [0.5, 0.6) is 11.5 Å². The average Bonchev–Trinajstić information content (AvgIpc) is 2.61. The highest BCUT2D eigenvalue weighted by molar-refractivity contribution is 5.90. The van der Waals surface area contributed by atoms with E-state index in [0.29, 0.717) is 12.4 Å². The number of aliphatic carboxylic acids is 1. The van der Waals surface area contributed by atoms with Crippen LogP contribution in [-0.4, -0.2) is 17.7 Å². The van der Waals surface area contributed by atoms with Crippen molar-refractivity contribution in [2.24, 2.45) is 0 Å². The molecule has 0 unspecified atom stereocenters. The summed E-state index contributed by atoms with van der Waals surface area (Å²) in [5.74, 6) is 0.0857. The number of rotatable bonds is 10. The Bertz CT molecular complexity index is 755. The van der Waals surface area contributed by atoms with E-state index < -0.39 is 5.97 Å². The molecule has 0 atom stereocenters. The molecule has 0 saturated heterocycles. The summed E-state index contributed by atoms with van der Waals surface area (Å²) in [6, 6.07) is 13.0. The fraction of sp³-hybridized carbons (Fsp3) is 0.348. The van der Waals surface area contributed by atoms with E-state index in [0.717, 1.165) is 28.9 Å². The molecular weight excluding hydrogens is 340 g/mol. The van der Waals surface area contributed by atoms with E-state index in [4.69, 9.17) is 9.47 Å². The molecule has 144 valence electrons. The van der Waals surface area contributed by atoms with Gasteiger partial charge in [-0.3, -0.25) is 0 Å². The number of ether oxygens (including phenoxy) is 2. The second-order valence-electron chi connectivity index (χ2n) is 6.72. The molecule has 0 aliphatic heterocycles. The normalized spacial score (nSPS) is 11.3. The van der Waals surface area contributed by atoms with Crippen molar-refractivity contribution in [1.29, 1.82) is 0 Å². The fourth-order valence-corrected chi connectivity index (χ4v) is 2.78. The molecule has 4 heteroatoms. The summed E-state index contributed by atoms with van der Waals surface area (Å²) < 4.78 is 11.3. The Labute approximate surface area is 161 Å². The fourth-order valence-electron chi connectivity index (χ4n) is 2.78. The van der Waals surface area contributed by atoms with Crippen molar-refractivity contribution in [2.75, 3.05) is 6.61 Å². The molecule has 0 aliphatic carbocycles. The standard InChI is InChI=1S/C23H28O4/c1-4-5-6-7-12-26-20-10-8-19(9-11-20)16-22(23(24)25)27-21-14-17(2)13-18(3)15-21/h8-11,13-16H,4-7,12H2,1-3H3,(H,24,25). The Morgan fingerprint density at radius 1 is 0.963 bits per heavy atom. The number of hydrogen-bond donors (Lipinski definition) is 1. The zero-order valence-corrected chi connectivity index (χ0v) is 16.3. The maximum atomic E-state index is 11.6. The smallest absolute Gasteiger partial charge is 0.371 e. The summed E-state index contributed by atoms with van der Waals surface area (Å²) in [5, 5.41) is 9.46. The molecule has 0 amide bonds. The molecule has 0 saturated carbocycles. The highest BCUT2D eigenvalue weighted by atomic mass is 16.5. The van der Waals surface area contributed by atoms with Gasteiger partial charge in [0.1, 0.15) is 11.5 Å². The topological polar surface area (TPSA) is 55.8 Å². The molecule has 0 bridgehead atoms. The van der Waals surface area contributed by atoms with Crippen molar-refractivity contribution in [2.45, 2.75) is 46.5 Å². The second kappa shape index (κ2) is 10.4. The zero-order valence-electron chi connectivity index (χ0n) is 16.3. The van der Waals surface area contributed by atoms with Crippen molar-refractivity contribution in [3.8, 4) is 11.5 Å². The maximum absolute atomic E-state index is 11.6. The monoisotopic (exact) mass is 368 g/mol. The van der Waals surface area contributed by atoms with E-state index >= 15 is 0 Å². The number of carbonyl (C=O) groups is 1. The van der Waals surface area contributed by atoms with Crippen LogP contribution in [0, 0.1) is 13.8 Å². The van der Waals surface area contributed by atoms with Crippen LogP contribution in [0.25, 0.3) is 6.08 Å². The molecule has 2 aromatic rings. The Balaban J connectivity index is 2.03. The van der Waals surface area contributed by atoms with Gasteiger partial charge in [0, 0.05) is 0 Å². The van der Waals surface area contributed by atoms with Crippen molar-refractivity contribution < 1.29 is 19.4 Å². The van der Waals surface area contributed by atoms with Crippen LogP contribution in [0.3, 0.4) is 0 Å². The number of unbranched alkanes of at least 4 members (excludes halogenated alkanes) is 3. The van der Waals surface area contributed by atoms with Gasteiger partial charge in [0.15, 0.2) is 0 Å². The Kier molecular flexibility index (Phi) is 7.93. The minimum absolute atomic E-state index is 0.117. The lowest BCUT2D eigenvalue weighted by molar-refractivity contribution is -0.134. The molecule has 27 heavy (non-hydrogen) atoms. The van der Waals surface area contributed by atoms with E-state index in [-0.39, 0.29) is 5.76 Å². The number of hydrogen-bond acceptors (Lipinski definition) is 3. The second-order valence-corrected chi connectivity index (χ2v) is 6.72. The first-order valence-corrected chi connectivity index (χ1v) is 9.42. The third-order valence-electron chi connectivity index (χ3n) is 4.08.